The normalized spacial score (nSPS) is 10.2. The molecule has 0 unspecified atom stereocenters. The van der Waals surface area contributed by atoms with Crippen molar-refractivity contribution in [3.8, 4) is 0 Å². The van der Waals surface area contributed by atoms with Crippen LogP contribution in [0.25, 0.3) is 0 Å². The van der Waals surface area contributed by atoms with Crippen molar-refractivity contribution in [1.82, 2.24) is 20.5 Å². The Morgan fingerprint density at radius 2 is 1.77 bits per heavy atom. The second-order valence-electron chi connectivity index (χ2n) is 5.34. The summed E-state index contributed by atoms with van der Waals surface area (Å²) in [6.45, 7) is 0.827. The fourth-order valence-corrected chi connectivity index (χ4v) is 2.16. The molecule has 0 aliphatic heterocycles. The van der Waals surface area contributed by atoms with Crippen LogP contribution in [0.1, 0.15) is 10.4 Å². The van der Waals surface area contributed by atoms with E-state index >= 15 is 0 Å². The van der Waals surface area contributed by atoms with Gasteiger partial charge in [-0.15, -0.1) is 10.2 Å². The molecular formula is C18H17FN6O. The minimum atomic E-state index is -0.439. The van der Waals surface area contributed by atoms with E-state index in [1.807, 2.05) is 18.2 Å². The van der Waals surface area contributed by atoms with Gasteiger partial charge in [0.15, 0.2) is 5.82 Å². The Morgan fingerprint density at radius 1 is 0.923 bits per heavy atom. The summed E-state index contributed by atoms with van der Waals surface area (Å²) < 4.78 is 13.1. The lowest BCUT2D eigenvalue weighted by Crippen LogP contribution is -2.29. The van der Waals surface area contributed by atoms with Gasteiger partial charge in [0, 0.05) is 24.8 Å². The van der Waals surface area contributed by atoms with Gasteiger partial charge >= 0.3 is 0 Å². The predicted molar refractivity (Wildman–Crippen MR) is 96.8 cm³/mol. The summed E-state index contributed by atoms with van der Waals surface area (Å²) in [6, 6.07) is 14.6. The van der Waals surface area contributed by atoms with Gasteiger partial charge in [-0.3, -0.25) is 4.79 Å². The first-order valence-corrected chi connectivity index (χ1v) is 8.00. The van der Waals surface area contributed by atoms with E-state index in [1.165, 1.54) is 18.2 Å². The van der Waals surface area contributed by atoms with Gasteiger partial charge in [-0.2, -0.15) is 0 Å². The van der Waals surface area contributed by atoms with Gasteiger partial charge in [0.1, 0.15) is 17.5 Å². The quantitative estimate of drug-likeness (QED) is 0.566. The number of nitrogens with one attached hydrogen (secondary N) is 3. The van der Waals surface area contributed by atoms with E-state index < -0.39 is 5.82 Å². The van der Waals surface area contributed by atoms with Gasteiger partial charge < -0.3 is 16.0 Å². The summed E-state index contributed by atoms with van der Waals surface area (Å²) in [4.78, 5) is 16.0. The molecule has 8 heteroatoms. The largest absolute Gasteiger partial charge is 0.367 e. The lowest BCUT2D eigenvalue weighted by molar-refractivity contribution is 0.0954. The number of rotatable bonds is 7. The maximum absolute atomic E-state index is 13.1. The second-order valence-corrected chi connectivity index (χ2v) is 5.34. The van der Waals surface area contributed by atoms with Crippen molar-refractivity contribution in [1.29, 1.82) is 0 Å². The average Bonchev–Trinajstić information content (AvgIpc) is 2.67. The third-order valence-corrected chi connectivity index (χ3v) is 3.39. The third kappa shape index (κ3) is 4.97. The zero-order valence-electron chi connectivity index (χ0n) is 13.8. The first-order chi connectivity index (χ1) is 12.7. The van der Waals surface area contributed by atoms with Crippen LogP contribution in [0.15, 0.2) is 60.8 Å². The highest BCUT2D eigenvalue weighted by atomic mass is 19.1. The topological polar surface area (TPSA) is 91.8 Å². The number of hydrogen-bond donors (Lipinski definition) is 3. The summed E-state index contributed by atoms with van der Waals surface area (Å²) in [5.41, 5.74) is 0.287. The van der Waals surface area contributed by atoms with Gasteiger partial charge in [0.25, 0.3) is 5.91 Å². The first-order valence-electron chi connectivity index (χ1n) is 8.00. The standard InChI is InChI=1S/C18H17FN6O/c19-14-5-3-4-13(12-14)18(26)22-11-10-21-16-7-8-17(25-24-16)23-15-6-1-2-9-20-15/h1-9,12H,10-11H2,(H,21,24)(H,22,26)(H,20,23,25). The number of amides is 1. The molecule has 3 rings (SSSR count). The van der Waals surface area contributed by atoms with E-state index in [2.05, 4.69) is 31.1 Å². The molecule has 0 atom stereocenters. The van der Waals surface area contributed by atoms with Crippen molar-refractivity contribution in [3.05, 3.63) is 72.2 Å². The van der Waals surface area contributed by atoms with E-state index in [1.54, 1.807) is 24.4 Å². The number of carbonyl (C=O) groups excluding carboxylic acids is 1. The average molecular weight is 352 g/mol. The van der Waals surface area contributed by atoms with Crippen molar-refractivity contribution in [2.24, 2.45) is 0 Å². The van der Waals surface area contributed by atoms with Gasteiger partial charge in [0.05, 0.1) is 0 Å². The highest BCUT2D eigenvalue weighted by Gasteiger charge is 2.05. The SMILES string of the molecule is O=C(NCCNc1ccc(Nc2ccccn2)nn1)c1cccc(F)c1. The molecule has 0 fully saturated rings. The highest BCUT2D eigenvalue weighted by molar-refractivity contribution is 5.94. The molecule has 26 heavy (non-hydrogen) atoms. The monoisotopic (exact) mass is 352 g/mol. The van der Waals surface area contributed by atoms with Crippen LogP contribution in [0.5, 0.6) is 0 Å². The lowest BCUT2D eigenvalue weighted by Gasteiger charge is -2.08. The van der Waals surface area contributed by atoms with Crippen molar-refractivity contribution < 1.29 is 9.18 Å². The summed E-state index contributed by atoms with van der Waals surface area (Å²) in [5.74, 6) is 1.07. The van der Waals surface area contributed by atoms with E-state index in [-0.39, 0.29) is 11.5 Å². The van der Waals surface area contributed by atoms with Crippen molar-refractivity contribution >= 4 is 23.4 Å². The molecular weight excluding hydrogens is 335 g/mol. The predicted octanol–water partition coefficient (Wildman–Crippen LogP) is 2.60. The minimum absolute atomic E-state index is 0.287. The van der Waals surface area contributed by atoms with E-state index in [0.29, 0.717) is 30.5 Å². The Balaban J connectivity index is 1.43. The molecule has 2 aromatic heterocycles. The molecule has 3 aromatic rings. The number of aromatic nitrogens is 3. The maximum Gasteiger partial charge on any atom is 0.251 e. The molecule has 1 aromatic carbocycles. The smallest absolute Gasteiger partial charge is 0.251 e. The number of halogens is 1. The number of anilines is 3. The van der Waals surface area contributed by atoms with Crippen LogP contribution < -0.4 is 16.0 Å². The van der Waals surface area contributed by atoms with Crippen LogP contribution in [0.2, 0.25) is 0 Å². The van der Waals surface area contributed by atoms with Crippen molar-refractivity contribution in [2.75, 3.05) is 23.7 Å². The second kappa shape index (κ2) is 8.52. The van der Waals surface area contributed by atoms with Crippen molar-refractivity contribution in [2.45, 2.75) is 0 Å². The van der Waals surface area contributed by atoms with E-state index in [4.69, 9.17) is 0 Å². The van der Waals surface area contributed by atoms with Crippen LogP contribution in [0, 0.1) is 5.82 Å². The van der Waals surface area contributed by atoms with E-state index in [0.717, 1.165) is 0 Å². The molecule has 0 radical (unpaired) electrons. The zero-order chi connectivity index (χ0) is 18.2. The molecule has 2 heterocycles. The summed E-state index contributed by atoms with van der Waals surface area (Å²) in [7, 11) is 0. The molecule has 3 N–H and O–H groups in total. The molecule has 0 spiro atoms. The van der Waals surface area contributed by atoms with Crippen LogP contribution in [-0.4, -0.2) is 34.2 Å². The van der Waals surface area contributed by atoms with Crippen LogP contribution in [0.4, 0.5) is 21.8 Å². The van der Waals surface area contributed by atoms with Gasteiger partial charge in [-0.25, -0.2) is 9.37 Å². The van der Waals surface area contributed by atoms with Crippen LogP contribution in [0.3, 0.4) is 0 Å². The highest BCUT2D eigenvalue weighted by Crippen LogP contribution is 2.11. The molecule has 132 valence electrons. The Morgan fingerprint density at radius 3 is 2.50 bits per heavy atom. The number of pyridine rings is 1. The maximum atomic E-state index is 13.1. The fourth-order valence-electron chi connectivity index (χ4n) is 2.16. The molecule has 7 nitrogen and oxygen atoms in total. The van der Waals surface area contributed by atoms with Crippen LogP contribution >= 0.6 is 0 Å². The number of benzene rings is 1. The third-order valence-electron chi connectivity index (χ3n) is 3.39. The summed E-state index contributed by atoms with van der Waals surface area (Å²) in [5, 5.41) is 16.9. The summed E-state index contributed by atoms with van der Waals surface area (Å²) >= 11 is 0. The van der Waals surface area contributed by atoms with Gasteiger partial charge in [-0.05, 0) is 42.5 Å². The van der Waals surface area contributed by atoms with E-state index in [9.17, 15) is 9.18 Å². The molecule has 0 aliphatic rings. The molecule has 0 aliphatic carbocycles. The summed E-state index contributed by atoms with van der Waals surface area (Å²) in [6.07, 6.45) is 1.68. The minimum Gasteiger partial charge on any atom is -0.367 e. The van der Waals surface area contributed by atoms with Gasteiger partial charge in [0.2, 0.25) is 0 Å². The zero-order valence-corrected chi connectivity index (χ0v) is 13.8. The Kier molecular flexibility index (Phi) is 5.66. The Bertz CT molecular complexity index is 857. The Labute approximate surface area is 149 Å². The van der Waals surface area contributed by atoms with Gasteiger partial charge in [-0.1, -0.05) is 12.1 Å². The fraction of sp³-hybridized carbons (Fsp3) is 0.111. The van der Waals surface area contributed by atoms with Crippen molar-refractivity contribution in [3.63, 3.8) is 0 Å². The molecule has 0 saturated carbocycles. The van der Waals surface area contributed by atoms with Crippen LogP contribution in [-0.2, 0) is 0 Å². The molecule has 0 bridgehead atoms. The molecule has 0 saturated heterocycles. The lowest BCUT2D eigenvalue weighted by atomic mass is 10.2. The Hall–Kier alpha value is -3.55. The number of hydrogen-bond acceptors (Lipinski definition) is 6. The molecule has 1 amide bonds. The first kappa shape index (κ1) is 17.3. The number of carbonyl (C=O) groups is 1. The number of nitrogens with zero attached hydrogens (tertiary/aromatic N) is 3.